The molecule has 1 aromatic heterocycles. The lowest BCUT2D eigenvalue weighted by Crippen LogP contribution is -3.06. The van der Waals surface area contributed by atoms with Gasteiger partial charge >= 0.3 is 0 Å². The molecule has 2 heterocycles. The van der Waals surface area contributed by atoms with E-state index in [2.05, 4.69) is 0 Å². The predicted octanol–water partition coefficient (Wildman–Crippen LogP) is 2.28. The Hall–Kier alpha value is -3.32. The summed E-state index contributed by atoms with van der Waals surface area (Å²) in [5, 5.41) is 0.472. The van der Waals surface area contributed by atoms with E-state index in [1.54, 1.807) is 29.2 Å². The molecular formula is C25H29N2O5+. The van der Waals surface area contributed by atoms with Gasteiger partial charge in [-0.15, -0.1) is 0 Å². The van der Waals surface area contributed by atoms with Gasteiger partial charge in [-0.1, -0.05) is 18.2 Å². The summed E-state index contributed by atoms with van der Waals surface area (Å²) in [6.07, 6.45) is 0. The van der Waals surface area contributed by atoms with E-state index in [1.165, 1.54) is 4.90 Å². The molecule has 1 amide bonds. The Morgan fingerprint density at radius 3 is 2.44 bits per heavy atom. The lowest BCUT2D eigenvalue weighted by molar-refractivity contribution is -0.857. The molecule has 0 bridgehead atoms. The first-order valence-corrected chi connectivity index (χ1v) is 11.0. The molecular weight excluding hydrogens is 408 g/mol. The fourth-order valence-corrected chi connectivity index (χ4v) is 4.13. The highest BCUT2D eigenvalue weighted by atomic mass is 16.5. The number of fused-ring (bicyclic) bond motifs is 2. The van der Waals surface area contributed by atoms with Crippen LogP contribution >= 0.6 is 0 Å². The first-order chi connectivity index (χ1) is 15.5. The van der Waals surface area contributed by atoms with Crippen molar-refractivity contribution in [3.63, 3.8) is 0 Å². The first-order valence-electron chi connectivity index (χ1n) is 11.0. The van der Waals surface area contributed by atoms with Crippen LogP contribution in [-0.4, -0.2) is 51.2 Å². The van der Waals surface area contributed by atoms with Crippen molar-refractivity contribution in [3.05, 3.63) is 69.6 Å². The van der Waals surface area contributed by atoms with E-state index in [0.29, 0.717) is 47.8 Å². The van der Waals surface area contributed by atoms with Crippen LogP contribution in [-0.2, 0) is 0 Å². The highest BCUT2D eigenvalue weighted by molar-refractivity contribution is 5.99. The van der Waals surface area contributed by atoms with Crippen LogP contribution in [0.1, 0.15) is 41.6 Å². The molecule has 0 saturated heterocycles. The summed E-state index contributed by atoms with van der Waals surface area (Å²) in [4.78, 5) is 29.8. The number of hydrogen-bond acceptors (Lipinski definition) is 5. The predicted molar refractivity (Wildman–Crippen MR) is 122 cm³/mol. The summed E-state index contributed by atoms with van der Waals surface area (Å²) in [5.41, 5.74) is 1.42. The molecule has 32 heavy (non-hydrogen) atoms. The summed E-state index contributed by atoms with van der Waals surface area (Å²) in [5.74, 6) is 1.09. The van der Waals surface area contributed by atoms with Gasteiger partial charge in [0.25, 0.3) is 5.91 Å². The van der Waals surface area contributed by atoms with Gasteiger partial charge in [0.1, 0.15) is 5.58 Å². The van der Waals surface area contributed by atoms with Crippen LogP contribution in [0.25, 0.3) is 11.0 Å². The average molecular weight is 438 g/mol. The minimum Gasteiger partial charge on any atom is -0.490 e. The van der Waals surface area contributed by atoms with Crippen LogP contribution in [0.4, 0.5) is 0 Å². The van der Waals surface area contributed by atoms with Crippen molar-refractivity contribution in [2.45, 2.75) is 19.9 Å². The fraction of sp³-hybridized carbons (Fsp3) is 0.360. The van der Waals surface area contributed by atoms with Gasteiger partial charge in [0, 0.05) is 0 Å². The second-order valence-electron chi connectivity index (χ2n) is 8.10. The van der Waals surface area contributed by atoms with Crippen LogP contribution in [0.3, 0.4) is 0 Å². The summed E-state index contributed by atoms with van der Waals surface area (Å²) in [6, 6.07) is 12.1. The fourth-order valence-electron chi connectivity index (χ4n) is 4.13. The minimum absolute atomic E-state index is 0.124. The standard InChI is InChI=1S/C25H28N2O5/c1-5-30-19-12-11-16(15-20(19)31-6-2)22-21-23(28)17-9-7-8-10-18(17)32-24(21)25(29)27(22)14-13-26(3)4/h7-12,15,22H,5-6,13-14H2,1-4H3/p+1/t22-/m0/s1. The monoisotopic (exact) mass is 437 g/mol. The van der Waals surface area contributed by atoms with Crippen LogP contribution in [0.15, 0.2) is 51.7 Å². The third kappa shape index (κ3) is 3.84. The molecule has 1 aliphatic heterocycles. The van der Waals surface area contributed by atoms with E-state index in [0.717, 1.165) is 12.1 Å². The zero-order chi connectivity index (χ0) is 22.8. The molecule has 0 saturated carbocycles. The van der Waals surface area contributed by atoms with Gasteiger partial charge in [-0.3, -0.25) is 9.59 Å². The van der Waals surface area contributed by atoms with Gasteiger partial charge in [0.05, 0.1) is 57.4 Å². The van der Waals surface area contributed by atoms with E-state index in [1.807, 2.05) is 46.1 Å². The van der Waals surface area contributed by atoms with Crippen molar-refractivity contribution in [1.29, 1.82) is 0 Å². The Morgan fingerprint density at radius 1 is 1.00 bits per heavy atom. The maximum atomic E-state index is 13.5. The van der Waals surface area contributed by atoms with Crippen LogP contribution < -0.4 is 19.8 Å². The summed E-state index contributed by atoms with van der Waals surface area (Å²) >= 11 is 0. The van der Waals surface area contributed by atoms with Crippen molar-refractivity contribution in [2.75, 3.05) is 40.4 Å². The van der Waals surface area contributed by atoms with E-state index in [-0.39, 0.29) is 17.1 Å². The summed E-state index contributed by atoms with van der Waals surface area (Å²) < 4.78 is 17.5. The molecule has 168 valence electrons. The molecule has 0 spiro atoms. The molecule has 1 N–H and O–H groups in total. The Labute approximate surface area is 187 Å². The Kier molecular flexibility index (Phi) is 6.19. The number of para-hydroxylation sites is 1. The number of rotatable bonds is 8. The van der Waals surface area contributed by atoms with Crippen molar-refractivity contribution in [3.8, 4) is 11.5 Å². The van der Waals surface area contributed by atoms with Gasteiger partial charge in [-0.2, -0.15) is 0 Å². The number of amides is 1. The highest BCUT2D eigenvalue weighted by Crippen LogP contribution is 2.40. The van der Waals surface area contributed by atoms with Crippen molar-refractivity contribution in [2.24, 2.45) is 0 Å². The normalized spacial score (nSPS) is 15.5. The third-order valence-electron chi connectivity index (χ3n) is 5.61. The van der Waals surface area contributed by atoms with E-state index < -0.39 is 6.04 Å². The molecule has 0 fully saturated rings. The lowest BCUT2D eigenvalue weighted by Gasteiger charge is -2.26. The number of carbonyl (C=O) groups excluding carboxylic acids is 1. The van der Waals surface area contributed by atoms with Gasteiger partial charge in [0.2, 0.25) is 5.76 Å². The highest BCUT2D eigenvalue weighted by Gasteiger charge is 2.43. The summed E-state index contributed by atoms with van der Waals surface area (Å²) in [7, 11) is 4.06. The molecule has 7 nitrogen and oxygen atoms in total. The number of quaternary nitrogens is 1. The molecule has 0 aliphatic carbocycles. The molecule has 1 aliphatic rings. The molecule has 0 unspecified atom stereocenters. The Morgan fingerprint density at radius 2 is 1.72 bits per heavy atom. The lowest BCUT2D eigenvalue weighted by atomic mass is 9.98. The number of benzene rings is 2. The largest absolute Gasteiger partial charge is 0.490 e. The number of carbonyl (C=O) groups is 1. The summed E-state index contributed by atoms with van der Waals surface area (Å²) in [6.45, 7) is 6.03. The van der Waals surface area contributed by atoms with Crippen LogP contribution in [0.5, 0.6) is 11.5 Å². The first kappa shape index (κ1) is 21.9. The van der Waals surface area contributed by atoms with E-state index in [9.17, 15) is 9.59 Å². The van der Waals surface area contributed by atoms with Crippen molar-refractivity contribution >= 4 is 16.9 Å². The maximum Gasteiger partial charge on any atom is 0.291 e. The van der Waals surface area contributed by atoms with Gasteiger partial charge < -0.3 is 23.7 Å². The maximum absolute atomic E-state index is 13.5. The minimum atomic E-state index is -0.549. The molecule has 4 rings (SSSR count). The molecule has 7 heteroatoms. The van der Waals surface area contributed by atoms with E-state index in [4.69, 9.17) is 13.9 Å². The SMILES string of the molecule is CCOc1ccc([C@H]2c3c(oc4ccccc4c3=O)C(=O)N2CC[NH+](C)C)cc1OCC. The molecule has 0 radical (unpaired) electrons. The number of ether oxygens (including phenoxy) is 2. The number of nitrogens with zero attached hydrogens (tertiary/aromatic N) is 1. The molecule has 2 aromatic carbocycles. The topological polar surface area (TPSA) is 73.4 Å². The second-order valence-corrected chi connectivity index (χ2v) is 8.10. The zero-order valence-corrected chi connectivity index (χ0v) is 18.9. The van der Waals surface area contributed by atoms with Crippen molar-refractivity contribution in [1.82, 2.24) is 4.90 Å². The van der Waals surface area contributed by atoms with Crippen LogP contribution in [0.2, 0.25) is 0 Å². The van der Waals surface area contributed by atoms with Gasteiger partial charge in [0.15, 0.2) is 16.9 Å². The Bertz CT molecular complexity index is 1200. The number of hydrogen-bond donors (Lipinski definition) is 1. The van der Waals surface area contributed by atoms with Gasteiger partial charge in [-0.05, 0) is 43.7 Å². The van der Waals surface area contributed by atoms with Crippen LogP contribution in [0, 0.1) is 0 Å². The van der Waals surface area contributed by atoms with Gasteiger partial charge in [-0.25, -0.2) is 0 Å². The van der Waals surface area contributed by atoms with E-state index >= 15 is 0 Å². The average Bonchev–Trinajstić information content (AvgIpc) is 3.06. The third-order valence-corrected chi connectivity index (χ3v) is 5.61. The number of nitrogens with one attached hydrogen (secondary N) is 1. The smallest absolute Gasteiger partial charge is 0.291 e. The molecule has 3 aromatic rings. The quantitative estimate of drug-likeness (QED) is 0.585. The molecule has 1 atom stereocenters. The second kappa shape index (κ2) is 9.04. The number of likely N-dealkylation sites (N-methyl/N-ethyl adjacent to an activating group) is 1. The van der Waals surface area contributed by atoms with Crippen molar-refractivity contribution < 1.29 is 23.6 Å². The zero-order valence-electron chi connectivity index (χ0n) is 18.9. The Balaban J connectivity index is 1.90.